The number of benzene rings is 1. The normalized spacial score (nSPS) is 15.3. The average Bonchev–Trinajstić information content (AvgIpc) is 2.49. The molecule has 1 amide bonds. The summed E-state index contributed by atoms with van der Waals surface area (Å²) in [5.74, 6) is -1.09. The molecule has 7 heteroatoms. The van der Waals surface area contributed by atoms with E-state index < -0.39 is 12.2 Å². The lowest BCUT2D eigenvalue weighted by Crippen LogP contribution is -2.25. The summed E-state index contributed by atoms with van der Waals surface area (Å²) in [6.45, 7) is 1.28. The van der Waals surface area contributed by atoms with Crippen LogP contribution in [0.25, 0.3) is 0 Å². The van der Waals surface area contributed by atoms with Crippen LogP contribution in [0.2, 0.25) is 0 Å². The molecule has 1 aromatic rings. The number of halogens is 2. The number of carbonyl (C=O) groups is 2. The molecule has 0 bridgehead atoms. The summed E-state index contributed by atoms with van der Waals surface area (Å²) in [6.07, 6.45) is -3.96. The van der Waals surface area contributed by atoms with Crippen molar-refractivity contribution in [1.29, 1.82) is 0 Å². The van der Waals surface area contributed by atoms with Gasteiger partial charge in [-0.2, -0.15) is 0 Å². The summed E-state index contributed by atoms with van der Waals surface area (Å²) in [5.41, 5.74) is 0.251. The van der Waals surface area contributed by atoms with Crippen LogP contribution in [0.3, 0.4) is 0 Å². The van der Waals surface area contributed by atoms with Gasteiger partial charge in [0.1, 0.15) is 5.78 Å². The minimum atomic E-state index is -3.69. The van der Waals surface area contributed by atoms with E-state index in [0.29, 0.717) is 0 Å². The van der Waals surface area contributed by atoms with Gasteiger partial charge in [-0.15, -0.1) is 8.78 Å². The first-order valence-corrected chi connectivity index (χ1v) is 5.05. The van der Waals surface area contributed by atoms with Gasteiger partial charge in [0.2, 0.25) is 5.91 Å². The second-order valence-electron chi connectivity index (χ2n) is 3.76. The Labute approximate surface area is 101 Å². The third-order valence-electron chi connectivity index (χ3n) is 2.09. The first-order valence-electron chi connectivity index (χ1n) is 5.05. The smallest absolute Gasteiger partial charge is 0.395 e. The van der Waals surface area contributed by atoms with Crippen LogP contribution in [0.1, 0.15) is 13.3 Å². The Morgan fingerprint density at radius 1 is 1.28 bits per heavy atom. The SMILES string of the molecule is CC(=O)CC(=O)Nc1ccc2c(c1)OC(F)(F)O2. The van der Waals surface area contributed by atoms with Crippen LogP contribution in [-0.2, 0) is 9.59 Å². The largest absolute Gasteiger partial charge is 0.586 e. The molecule has 1 heterocycles. The Hall–Kier alpha value is -2.18. The molecule has 0 saturated carbocycles. The second kappa shape index (κ2) is 4.25. The molecular weight excluding hydrogens is 248 g/mol. The zero-order valence-electron chi connectivity index (χ0n) is 9.33. The number of fused-ring (bicyclic) bond motifs is 1. The molecule has 0 spiro atoms. The molecule has 0 aliphatic carbocycles. The minimum Gasteiger partial charge on any atom is -0.395 e. The van der Waals surface area contributed by atoms with E-state index in [-0.39, 0.29) is 29.4 Å². The van der Waals surface area contributed by atoms with E-state index in [2.05, 4.69) is 14.8 Å². The predicted molar refractivity (Wildman–Crippen MR) is 56.6 cm³/mol. The number of rotatable bonds is 3. The summed E-state index contributed by atoms with van der Waals surface area (Å²) >= 11 is 0. The molecular formula is C11H9F2NO4. The maximum Gasteiger partial charge on any atom is 0.586 e. The number of alkyl halides is 2. The number of nitrogens with one attached hydrogen (secondary N) is 1. The van der Waals surface area contributed by atoms with Crippen molar-refractivity contribution < 1.29 is 27.8 Å². The predicted octanol–water partition coefficient (Wildman–Crippen LogP) is 1.93. The summed E-state index contributed by atoms with van der Waals surface area (Å²) < 4.78 is 33.9. The van der Waals surface area contributed by atoms with E-state index in [4.69, 9.17) is 0 Å². The van der Waals surface area contributed by atoms with Crippen molar-refractivity contribution in [2.45, 2.75) is 19.6 Å². The highest BCUT2D eigenvalue weighted by atomic mass is 19.3. The fourth-order valence-corrected chi connectivity index (χ4v) is 1.46. The fraction of sp³-hybridized carbons (Fsp3) is 0.273. The highest BCUT2D eigenvalue weighted by Gasteiger charge is 2.43. The van der Waals surface area contributed by atoms with Crippen LogP contribution in [0.4, 0.5) is 14.5 Å². The van der Waals surface area contributed by atoms with Gasteiger partial charge in [0.05, 0.1) is 6.42 Å². The van der Waals surface area contributed by atoms with Gasteiger partial charge in [0.15, 0.2) is 11.5 Å². The maximum atomic E-state index is 12.7. The molecule has 0 aromatic heterocycles. The Balaban J connectivity index is 2.09. The number of ketones is 1. The van der Waals surface area contributed by atoms with Crippen molar-refractivity contribution in [3.63, 3.8) is 0 Å². The lowest BCUT2D eigenvalue weighted by molar-refractivity contribution is -0.286. The molecule has 1 aromatic carbocycles. The standard InChI is InChI=1S/C11H9F2NO4/c1-6(15)4-10(16)14-7-2-3-8-9(5-7)18-11(12,13)17-8/h2-3,5H,4H2,1H3,(H,14,16). The average molecular weight is 257 g/mol. The zero-order chi connectivity index (χ0) is 13.3. The van der Waals surface area contributed by atoms with Gasteiger partial charge in [-0.25, -0.2) is 0 Å². The van der Waals surface area contributed by atoms with E-state index in [1.165, 1.54) is 25.1 Å². The molecule has 2 rings (SSSR count). The number of anilines is 1. The highest BCUT2D eigenvalue weighted by molar-refractivity contribution is 6.03. The topological polar surface area (TPSA) is 64.6 Å². The lowest BCUT2D eigenvalue weighted by Gasteiger charge is -2.05. The van der Waals surface area contributed by atoms with E-state index >= 15 is 0 Å². The van der Waals surface area contributed by atoms with Crippen molar-refractivity contribution in [3.8, 4) is 11.5 Å². The molecule has 1 aliphatic rings. The molecule has 0 unspecified atom stereocenters. The quantitative estimate of drug-likeness (QED) is 0.840. The highest BCUT2D eigenvalue weighted by Crippen LogP contribution is 2.42. The molecule has 1 N–H and O–H groups in total. The molecule has 5 nitrogen and oxygen atoms in total. The number of hydrogen-bond donors (Lipinski definition) is 1. The first kappa shape index (κ1) is 12.3. The monoisotopic (exact) mass is 257 g/mol. The number of carbonyl (C=O) groups excluding carboxylic acids is 2. The van der Waals surface area contributed by atoms with Gasteiger partial charge in [-0.1, -0.05) is 0 Å². The van der Waals surface area contributed by atoms with Crippen LogP contribution in [-0.4, -0.2) is 18.0 Å². The van der Waals surface area contributed by atoms with Gasteiger partial charge in [0.25, 0.3) is 0 Å². The van der Waals surface area contributed by atoms with Gasteiger partial charge in [-0.3, -0.25) is 9.59 Å². The van der Waals surface area contributed by atoms with Gasteiger partial charge < -0.3 is 14.8 Å². The maximum absolute atomic E-state index is 12.7. The molecule has 1 aliphatic heterocycles. The van der Waals surface area contributed by atoms with Crippen molar-refractivity contribution in [2.75, 3.05) is 5.32 Å². The van der Waals surface area contributed by atoms with Crippen LogP contribution in [0.15, 0.2) is 18.2 Å². The molecule has 0 radical (unpaired) electrons. The van der Waals surface area contributed by atoms with E-state index in [1.807, 2.05) is 0 Å². The molecule has 96 valence electrons. The first-order chi connectivity index (χ1) is 8.35. The number of hydrogen-bond acceptors (Lipinski definition) is 4. The minimum absolute atomic E-state index is 0.107. The van der Waals surface area contributed by atoms with Crippen LogP contribution < -0.4 is 14.8 Å². The van der Waals surface area contributed by atoms with E-state index in [1.54, 1.807) is 0 Å². The van der Waals surface area contributed by atoms with Gasteiger partial charge >= 0.3 is 6.29 Å². The Kier molecular flexibility index (Phi) is 2.90. The van der Waals surface area contributed by atoms with Gasteiger partial charge in [0, 0.05) is 11.8 Å². The Morgan fingerprint density at radius 2 is 1.94 bits per heavy atom. The van der Waals surface area contributed by atoms with Crippen molar-refractivity contribution >= 4 is 17.4 Å². The summed E-state index contributed by atoms with van der Waals surface area (Å²) in [7, 11) is 0. The fourth-order valence-electron chi connectivity index (χ4n) is 1.46. The third-order valence-corrected chi connectivity index (χ3v) is 2.09. The molecule has 18 heavy (non-hydrogen) atoms. The summed E-state index contributed by atoms with van der Waals surface area (Å²) in [5, 5.41) is 2.39. The second-order valence-corrected chi connectivity index (χ2v) is 3.76. The number of ether oxygens (including phenoxy) is 2. The van der Waals surface area contributed by atoms with Crippen LogP contribution >= 0.6 is 0 Å². The van der Waals surface area contributed by atoms with E-state index in [9.17, 15) is 18.4 Å². The molecule has 0 atom stereocenters. The molecule has 0 saturated heterocycles. The van der Waals surface area contributed by atoms with Gasteiger partial charge in [-0.05, 0) is 19.1 Å². The number of amides is 1. The Morgan fingerprint density at radius 3 is 2.61 bits per heavy atom. The van der Waals surface area contributed by atoms with Crippen LogP contribution in [0, 0.1) is 0 Å². The zero-order valence-corrected chi connectivity index (χ0v) is 9.33. The van der Waals surface area contributed by atoms with E-state index in [0.717, 1.165) is 0 Å². The van der Waals surface area contributed by atoms with Crippen molar-refractivity contribution in [3.05, 3.63) is 18.2 Å². The third kappa shape index (κ3) is 2.73. The van der Waals surface area contributed by atoms with Crippen molar-refractivity contribution in [2.24, 2.45) is 0 Å². The Bertz CT molecular complexity index is 516. The summed E-state index contributed by atoms with van der Waals surface area (Å²) in [4.78, 5) is 22.0. The van der Waals surface area contributed by atoms with Crippen molar-refractivity contribution in [1.82, 2.24) is 0 Å². The molecule has 0 fully saturated rings. The lowest BCUT2D eigenvalue weighted by atomic mass is 10.2. The van der Waals surface area contributed by atoms with Crippen LogP contribution in [0.5, 0.6) is 11.5 Å². The number of Topliss-reactive ketones (excluding diaryl/α,β-unsaturated/α-hetero) is 1. The summed E-state index contributed by atoms with van der Waals surface area (Å²) in [6, 6.07) is 3.83.